The smallest absolute Gasteiger partial charge is 0.417 e. The molecule has 0 unspecified atom stereocenters. The molecule has 0 saturated heterocycles. The Morgan fingerprint density at radius 2 is 0.864 bits per heavy atom. The molecule has 10 rings (SSSR count). The number of nitrogens with one attached hydrogen (secondary N) is 6. The average Bonchev–Trinajstić information content (AvgIpc) is 0.770. The van der Waals surface area contributed by atoms with Crippen LogP contribution in [0, 0.1) is 66.8 Å². The van der Waals surface area contributed by atoms with Crippen molar-refractivity contribution in [3.8, 4) is 17.2 Å². The third-order valence-corrected chi connectivity index (χ3v) is 25.8. The van der Waals surface area contributed by atoms with E-state index in [9.17, 15) is 22.8 Å². The molecule has 3 saturated carbocycles. The van der Waals surface area contributed by atoms with E-state index in [2.05, 4.69) is 36.7 Å². The second kappa shape index (κ2) is 42.9. The van der Waals surface area contributed by atoms with E-state index in [1.54, 1.807) is 71.9 Å². The predicted octanol–water partition coefficient (Wildman–Crippen LogP) is 18.2. The molecule has 3 aliphatic carbocycles. The molecule has 7 aromatic carbocycles. The molecular weight excluding hydrogens is 1600 g/mol. The van der Waals surface area contributed by atoms with Crippen LogP contribution in [0.3, 0.4) is 0 Å². The molecule has 25 nitrogen and oxygen atoms in total. The maximum absolute atomic E-state index is 16.3. The predicted molar refractivity (Wildman–Crippen MR) is 483 cm³/mol. The Kier molecular flexibility index (Phi) is 32.8. The van der Waals surface area contributed by atoms with Crippen LogP contribution in [0.15, 0.2) is 152 Å². The van der Waals surface area contributed by atoms with Crippen molar-refractivity contribution in [2.45, 2.75) is 237 Å². The maximum Gasteiger partial charge on any atom is 0.417 e. The summed E-state index contributed by atoms with van der Waals surface area (Å²) in [6.07, 6.45) is 1.17. The van der Waals surface area contributed by atoms with Gasteiger partial charge in [-0.15, -0.1) is 0 Å². The SMILES string of the molecule is [C-]#[N+]CN(C(=O)c1cc(CC)cc(NC(=O)[C@@H]2C[C@H](NC(=O)c3cc(CC)cc(NC(=O)[C@H]4C[C@@H](N(C(=O)OC(C)(C)C)C(=O)c5cc(CC)cc(NC(=O)[C@@H]6C[C@H](NC(=O)OC(C)(C)C)[C@@H](C)C[C@H]6C)c5OCc5ccccc5)[C@H](C)C[C@@H]4C)c3OCc3ccccc3)[C@@H](C)C[C@H]2C)c1OCc1ccccc1)S(=O)(=O)CCCC(=O)NCc1ccc(C)cc1. The number of hydrogen-bond donors (Lipinski definition) is 6. The highest BCUT2D eigenvalue weighted by molar-refractivity contribution is 7.89. The number of aryl methyl sites for hydroxylation is 4. The van der Waals surface area contributed by atoms with E-state index in [-0.39, 0.29) is 145 Å². The van der Waals surface area contributed by atoms with Crippen LogP contribution in [0.4, 0.5) is 26.7 Å². The zero-order valence-electron chi connectivity index (χ0n) is 75.2. The number of imide groups is 1. The number of carbonyl (C=O) groups is 9. The summed E-state index contributed by atoms with van der Waals surface area (Å²) in [5.74, 6) is -8.25. The largest absolute Gasteiger partial charge is 0.486 e. The molecular formula is C99H125N9O16S. The van der Waals surface area contributed by atoms with Crippen LogP contribution in [0.2, 0.25) is 0 Å². The van der Waals surface area contributed by atoms with Gasteiger partial charge in [0.15, 0.2) is 17.2 Å². The van der Waals surface area contributed by atoms with Crippen molar-refractivity contribution < 1.29 is 75.3 Å². The number of amides is 9. The van der Waals surface area contributed by atoms with Crippen LogP contribution in [0.1, 0.15) is 231 Å². The third-order valence-electron chi connectivity index (χ3n) is 24.0. The topological polar surface area (TPSA) is 317 Å². The van der Waals surface area contributed by atoms with E-state index >= 15 is 28.8 Å². The fourth-order valence-electron chi connectivity index (χ4n) is 17.1. The van der Waals surface area contributed by atoms with E-state index in [1.165, 1.54) is 6.07 Å². The van der Waals surface area contributed by atoms with Gasteiger partial charge in [0.1, 0.15) is 31.0 Å². The van der Waals surface area contributed by atoms with Gasteiger partial charge < -0.3 is 55.6 Å². The van der Waals surface area contributed by atoms with Gasteiger partial charge in [0.05, 0.1) is 39.5 Å². The molecule has 0 bridgehead atoms. The number of hydrogen-bond acceptors (Lipinski definition) is 16. The van der Waals surface area contributed by atoms with Crippen LogP contribution in [-0.2, 0) is 84.3 Å². The number of rotatable bonds is 32. The van der Waals surface area contributed by atoms with Crippen molar-refractivity contribution in [3.05, 3.63) is 224 Å². The van der Waals surface area contributed by atoms with E-state index < -0.39 is 117 Å². The van der Waals surface area contributed by atoms with E-state index in [1.807, 2.05) is 184 Å². The summed E-state index contributed by atoms with van der Waals surface area (Å²) in [4.78, 5) is 139. The minimum atomic E-state index is -4.54. The normalized spacial score (nSPS) is 20.7. The molecule has 26 heteroatoms. The first-order valence-electron chi connectivity index (χ1n) is 43.8. The van der Waals surface area contributed by atoms with E-state index in [4.69, 9.17) is 30.3 Å². The summed E-state index contributed by atoms with van der Waals surface area (Å²) in [6, 6.07) is 43.5. The minimum absolute atomic E-state index is 0.0169. The summed E-state index contributed by atoms with van der Waals surface area (Å²) in [7, 11) is -4.54. The van der Waals surface area contributed by atoms with Crippen molar-refractivity contribution in [2.24, 2.45) is 53.3 Å². The average molecular weight is 1730 g/mol. The quantitative estimate of drug-likeness (QED) is 0.0213. The van der Waals surface area contributed by atoms with Gasteiger partial charge in [0.2, 0.25) is 33.7 Å². The van der Waals surface area contributed by atoms with Crippen LogP contribution in [-0.4, -0.2) is 113 Å². The zero-order valence-corrected chi connectivity index (χ0v) is 76.0. The molecule has 0 aromatic heterocycles. The number of ether oxygens (including phenoxy) is 5. The number of nitrogens with zero attached hydrogens (tertiary/aromatic N) is 3. The first-order valence-corrected chi connectivity index (χ1v) is 45.5. The Hall–Kier alpha value is -11.6. The minimum Gasteiger partial charge on any atom is -0.486 e. The first-order chi connectivity index (χ1) is 59.3. The number of benzene rings is 7. The van der Waals surface area contributed by atoms with Crippen molar-refractivity contribution in [2.75, 3.05) is 28.4 Å². The van der Waals surface area contributed by atoms with Gasteiger partial charge in [0, 0.05) is 48.8 Å². The molecule has 3 aliphatic rings. The first kappa shape index (κ1) is 95.6. The van der Waals surface area contributed by atoms with Crippen LogP contribution < -0.4 is 46.1 Å². The molecule has 3 fully saturated rings. The van der Waals surface area contributed by atoms with Crippen LogP contribution in [0.25, 0.3) is 4.85 Å². The van der Waals surface area contributed by atoms with E-state index in [0.29, 0.717) is 71.5 Å². The van der Waals surface area contributed by atoms with Crippen molar-refractivity contribution in [3.63, 3.8) is 0 Å². The highest BCUT2D eigenvalue weighted by Crippen LogP contribution is 2.45. The molecule has 668 valence electrons. The summed E-state index contributed by atoms with van der Waals surface area (Å²) in [5, 5.41) is 18.6. The van der Waals surface area contributed by atoms with Crippen molar-refractivity contribution in [1.82, 2.24) is 25.2 Å². The lowest BCUT2D eigenvalue weighted by molar-refractivity contribution is -0.124. The molecule has 0 aliphatic heterocycles. The summed E-state index contributed by atoms with van der Waals surface area (Å²) >= 11 is 0. The molecule has 0 radical (unpaired) electrons. The van der Waals surface area contributed by atoms with Gasteiger partial charge in [-0.2, -0.15) is 4.31 Å². The van der Waals surface area contributed by atoms with Crippen molar-refractivity contribution in [1.29, 1.82) is 0 Å². The van der Waals surface area contributed by atoms with Crippen molar-refractivity contribution >= 4 is 80.6 Å². The number of anilines is 3. The lowest BCUT2D eigenvalue weighted by Gasteiger charge is -2.43. The molecule has 0 spiro atoms. The monoisotopic (exact) mass is 1730 g/mol. The Bertz CT molecular complexity index is 5150. The van der Waals surface area contributed by atoms with Gasteiger partial charge in [-0.25, -0.2) is 29.5 Å². The molecule has 125 heavy (non-hydrogen) atoms. The highest BCUT2D eigenvalue weighted by atomic mass is 32.2. The van der Waals surface area contributed by atoms with Gasteiger partial charge in [-0.05, 0) is 224 Å². The molecule has 12 atom stereocenters. The molecule has 9 amide bonds. The molecule has 6 N–H and O–H groups in total. The van der Waals surface area contributed by atoms with E-state index in [0.717, 1.165) is 27.2 Å². The summed E-state index contributed by atoms with van der Waals surface area (Å²) in [5.41, 5.74) is 4.48. The molecule has 7 aromatic rings. The maximum atomic E-state index is 16.3. The molecule has 0 heterocycles. The second-order valence-corrected chi connectivity index (χ2v) is 38.2. The second-order valence-electron chi connectivity index (χ2n) is 36.2. The Labute approximate surface area is 737 Å². The Morgan fingerprint density at radius 3 is 1.29 bits per heavy atom. The number of sulfonamides is 1. The fourth-order valence-corrected chi connectivity index (χ4v) is 18.4. The Morgan fingerprint density at radius 1 is 0.464 bits per heavy atom. The fraction of sp³-hybridized carbons (Fsp3) is 0.475. The highest BCUT2D eigenvalue weighted by Gasteiger charge is 2.47. The lowest BCUT2D eigenvalue weighted by Crippen LogP contribution is -2.54. The summed E-state index contributed by atoms with van der Waals surface area (Å²) in [6.45, 7) is 37.0. The van der Waals surface area contributed by atoms with Gasteiger partial charge in [0.25, 0.3) is 17.7 Å². The zero-order chi connectivity index (χ0) is 90.8. The van der Waals surface area contributed by atoms with Gasteiger partial charge >= 0.3 is 18.9 Å². The van der Waals surface area contributed by atoms with Crippen LogP contribution >= 0.6 is 0 Å². The third kappa shape index (κ3) is 25.8. The Balaban J connectivity index is 0.933. The lowest BCUT2D eigenvalue weighted by atomic mass is 9.71. The van der Waals surface area contributed by atoms with Crippen LogP contribution in [0.5, 0.6) is 17.2 Å². The summed E-state index contributed by atoms with van der Waals surface area (Å²) < 4.78 is 60.9. The number of carbonyl (C=O) groups excluding carboxylic acids is 9. The standard InChI is InChI=1S/C99H125N9O16S/c1-18-67-46-77(93(113)102-80-52-74(61(5)43-64(80)8)90(110)104-83-50-68(19-2)47-78(88(83)121-57-72-33-26-22-27-34-72)94(114)107(59-100-17)125(118,119)42-30-37-86(109)101-55-70-40-38-60(4)39-41-70)87(120-56-71-31-24-21-25-32-71)82(49-67)103-92(112)76-54-85(66(10)45-63(76)7)108(97(117)124-99(14,15)16)95(115)79-48-69(20-3)51-84(89(79)122-58-73-35-28-23-29-36-73)105-91(111)75-53-81(65(9)44-62(75)6)106-96(116)123-98(11,12)13/h21-29,31-36,38-41,46-51,61-66,74-76,80-81,85H,18-20,30,37,42-45,52-59H2,1-16H3,(H,101,109)(H,102,113)(H,103,112)(H,104,110)(H,105,111)(H,106,116)/t61-,62-,63+,64+,65+,66-,74-,75-,76+,80+,81+,85-/m1/s1. The van der Waals surface area contributed by atoms with Gasteiger partial charge in [-0.1, -0.05) is 183 Å². The number of alkyl carbamates (subject to hydrolysis) is 1. The van der Waals surface area contributed by atoms with Gasteiger partial charge in [-0.3, -0.25) is 38.4 Å².